The van der Waals surface area contributed by atoms with Gasteiger partial charge in [0.15, 0.2) is 0 Å². The maximum absolute atomic E-state index is 2.71. The van der Waals surface area contributed by atoms with E-state index in [4.69, 9.17) is 0 Å². The molecule has 0 spiro atoms. The van der Waals surface area contributed by atoms with Crippen LogP contribution in [0.15, 0.2) is 97.1 Å². The third-order valence-electron chi connectivity index (χ3n) is 21.9. The molecule has 11 rings (SSSR count). The minimum atomic E-state index is 0.171. The Morgan fingerprint density at radius 3 is 0.793 bits per heavy atom. The molecular weight excluding hydrogens is 985 g/mol. The molecule has 4 aliphatic rings. The fourth-order valence-electron chi connectivity index (χ4n) is 17.3. The Bertz CT molecular complexity index is 3050. The highest BCUT2D eigenvalue weighted by molar-refractivity contribution is 5.59. The van der Waals surface area contributed by atoms with E-state index < -0.39 is 0 Å². The molecule has 0 aliphatic heterocycles. The van der Waals surface area contributed by atoms with Gasteiger partial charge in [-0.3, -0.25) is 0 Å². The van der Waals surface area contributed by atoms with Crippen molar-refractivity contribution in [3.8, 4) is 0 Å². The van der Waals surface area contributed by atoms with E-state index in [2.05, 4.69) is 180 Å². The van der Waals surface area contributed by atoms with Crippen LogP contribution in [0.1, 0.15) is 309 Å². The summed E-state index contributed by atoms with van der Waals surface area (Å²) in [5.41, 5.74) is 38.6. The molecule has 0 heterocycles. The van der Waals surface area contributed by atoms with Crippen molar-refractivity contribution in [1.29, 1.82) is 0 Å². The Labute approximate surface area is 498 Å². The van der Waals surface area contributed by atoms with E-state index in [-0.39, 0.29) is 11.8 Å². The van der Waals surface area contributed by atoms with Gasteiger partial charge in [0.05, 0.1) is 0 Å². The minimum absolute atomic E-state index is 0.171. The van der Waals surface area contributed by atoms with Crippen molar-refractivity contribution >= 4 is 0 Å². The summed E-state index contributed by atoms with van der Waals surface area (Å²) in [6.45, 7) is 28.8. The van der Waals surface area contributed by atoms with E-state index in [1.807, 2.05) is 0 Å². The highest BCUT2D eigenvalue weighted by Gasteiger charge is 2.31. The minimum Gasteiger partial charge on any atom is -0.0587 e. The predicted octanol–water partition coefficient (Wildman–Crippen LogP) is 23.1. The molecule has 7 aromatic rings. The maximum atomic E-state index is 2.71. The molecule has 82 heavy (non-hydrogen) atoms. The number of hydrogen-bond acceptors (Lipinski definition) is 0. The molecular formula is C82H102. The topological polar surface area (TPSA) is 0 Å². The molecule has 0 bridgehead atoms. The van der Waals surface area contributed by atoms with Gasteiger partial charge in [-0.25, -0.2) is 0 Å². The first-order valence-electron chi connectivity index (χ1n) is 33.3. The SMILES string of the molecule is Cc1cc(Cc2ccc(C)c(C(c3cc(C4CCCCC4)c(C)cc3C)c3cc(C4CCCCC4)c(C)cc3C)c2)c(C)c(Cc2ccc(C)c(C(c3cc(C4CCCCC4)c(C)cc3C)c3cc(C4CCCCC4)c(C)cc3C)c2)c1. The van der Waals surface area contributed by atoms with Crippen LogP contribution in [0.2, 0.25) is 0 Å². The van der Waals surface area contributed by atoms with Crippen molar-refractivity contribution < 1.29 is 0 Å². The van der Waals surface area contributed by atoms with Gasteiger partial charge in [0.1, 0.15) is 0 Å². The number of hydrogen-bond donors (Lipinski definition) is 0. The van der Waals surface area contributed by atoms with Crippen LogP contribution < -0.4 is 0 Å². The Balaban J connectivity index is 0.976. The van der Waals surface area contributed by atoms with E-state index in [0.717, 1.165) is 12.8 Å². The van der Waals surface area contributed by atoms with Gasteiger partial charge in [-0.1, -0.05) is 180 Å². The van der Waals surface area contributed by atoms with E-state index in [1.165, 1.54) is 251 Å². The molecule has 4 fully saturated rings. The van der Waals surface area contributed by atoms with E-state index in [0.29, 0.717) is 23.7 Å². The maximum Gasteiger partial charge on any atom is 0.0348 e. The molecule has 0 amide bonds. The molecule has 0 heteroatoms. The zero-order chi connectivity index (χ0) is 57.3. The van der Waals surface area contributed by atoms with Crippen LogP contribution in [0.4, 0.5) is 0 Å². The quantitative estimate of drug-likeness (QED) is 0.0952. The van der Waals surface area contributed by atoms with Gasteiger partial charge < -0.3 is 0 Å². The van der Waals surface area contributed by atoms with Gasteiger partial charge in [-0.05, 0) is 310 Å². The third-order valence-corrected chi connectivity index (χ3v) is 21.9. The zero-order valence-electron chi connectivity index (χ0n) is 53.3. The normalized spacial score (nSPS) is 17.1. The van der Waals surface area contributed by atoms with Crippen LogP contribution in [0, 0.1) is 83.1 Å². The van der Waals surface area contributed by atoms with Crippen molar-refractivity contribution in [3.63, 3.8) is 0 Å². The molecule has 0 unspecified atom stereocenters. The van der Waals surface area contributed by atoms with Crippen molar-refractivity contribution in [2.75, 3.05) is 0 Å². The van der Waals surface area contributed by atoms with Gasteiger partial charge in [0.25, 0.3) is 0 Å². The number of benzene rings is 7. The summed E-state index contributed by atoms with van der Waals surface area (Å²) < 4.78 is 0. The highest BCUT2D eigenvalue weighted by Crippen LogP contribution is 2.47. The van der Waals surface area contributed by atoms with Crippen LogP contribution in [0.3, 0.4) is 0 Å². The first-order valence-corrected chi connectivity index (χ1v) is 33.3. The van der Waals surface area contributed by atoms with Crippen molar-refractivity contribution in [2.45, 2.75) is 260 Å². The molecule has 0 aromatic heterocycles. The standard InChI is InChI=1S/C82H102/c1-51-37-69(43-63-35-33-52(2)75(45-63)81(77-47-71(54(4)39-58(77)8)65-25-17-13-18-26-65)78-48-72(55(5)40-59(78)9)66-27-19-14-20-28-66)62(12)70(38-51)44-64-36-34-53(3)76(46-64)82(79-49-73(56(6)41-60(79)10)67-29-21-15-22-30-67)80-50-74(57(7)42-61(80)11)68-31-23-16-24-32-68/h33-42,45-50,65-68,81-82H,13-32,43-44H2,1-12H3. The summed E-state index contributed by atoms with van der Waals surface area (Å²) >= 11 is 0. The highest BCUT2D eigenvalue weighted by atomic mass is 14.4. The molecule has 0 atom stereocenters. The van der Waals surface area contributed by atoms with Crippen molar-refractivity contribution in [3.05, 3.63) is 242 Å². The number of aryl methyl sites for hydroxylation is 11. The third kappa shape index (κ3) is 12.4. The van der Waals surface area contributed by atoms with E-state index in [9.17, 15) is 0 Å². The van der Waals surface area contributed by atoms with E-state index in [1.54, 1.807) is 22.3 Å². The molecule has 4 saturated carbocycles. The smallest absolute Gasteiger partial charge is 0.0348 e. The molecule has 0 saturated heterocycles. The summed E-state index contributed by atoms with van der Waals surface area (Å²) in [6, 6.07) is 41.2. The lowest BCUT2D eigenvalue weighted by Crippen LogP contribution is -2.14. The molecule has 430 valence electrons. The van der Waals surface area contributed by atoms with Crippen LogP contribution >= 0.6 is 0 Å². The monoisotopic (exact) mass is 1090 g/mol. The Morgan fingerprint density at radius 1 is 0.268 bits per heavy atom. The van der Waals surface area contributed by atoms with Crippen LogP contribution in [0.5, 0.6) is 0 Å². The van der Waals surface area contributed by atoms with Crippen LogP contribution in [-0.4, -0.2) is 0 Å². The second-order valence-electron chi connectivity index (χ2n) is 27.9. The van der Waals surface area contributed by atoms with Crippen LogP contribution in [-0.2, 0) is 12.8 Å². The predicted molar refractivity (Wildman–Crippen MR) is 353 cm³/mol. The molecule has 4 aliphatic carbocycles. The van der Waals surface area contributed by atoms with Crippen molar-refractivity contribution in [1.82, 2.24) is 0 Å². The van der Waals surface area contributed by atoms with Gasteiger partial charge in [0, 0.05) is 11.8 Å². The zero-order valence-corrected chi connectivity index (χ0v) is 53.3. The van der Waals surface area contributed by atoms with Crippen LogP contribution in [0.25, 0.3) is 0 Å². The lowest BCUT2D eigenvalue weighted by Gasteiger charge is -2.31. The van der Waals surface area contributed by atoms with Gasteiger partial charge in [0.2, 0.25) is 0 Å². The van der Waals surface area contributed by atoms with Gasteiger partial charge >= 0.3 is 0 Å². The van der Waals surface area contributed by atoms with E-state index >= 15 is 0 Å². The van der Waals surface area contributed by atoms with Crippen molar-refractivity contribution in [2.24, 2.45) is 0 Å². The Kier molecular flexibility index (Phi) is 18.1. The number of rotatable bonds is 14. The lowest BCUT2D eigenvalue weighted by molar-refractivity contribution is 0.441. The second kappa shape index (κ2) is 25.4. The Morgan fingerprint density at radius 2 is 0.524 bits per heavy atom. The lowest BCUT2D eigenvalue weighted by atomic mass is 9.73. The largest absolute Gasteiger partial charge is 0.0587 e. The summed E-state index contributed by atoms with van der Waals surface area (Å²) in [6.07, 6.45) is 28.8. The fraction of sp³-hybridized carbons (Fsp3) is 0.488. The average molecular weight is 1090 g/mol. The second-order valence-corrected chi connectivity index (χ2v) is 27.9. The first-order chi connectivity index (χ1) is 39.6. The van der Waals surface area contributed by atoms with Gasteiger partial charge in [-0.15, -0.1) is 0 Å². The summed E-state index contributed by atoms with van der Waals surface area (Å²) in [4.78, 5) is 0. The Hall–Kier alpha value is -5.46. The summed E-state index contributed by atoms with van der Waals surface area (Å²) in [5, 5.41) is 0. The molecule has 7 aromatic carbocycles. The molecule has 0 N–H and O–H groups in total. The molecule has 0 nitrogen and oxygen atoms in total. The summed E-state index contributed by atoms with van der Waals surface area (Å²) in [5.74, 6) is 3.00. The fourth-order valence-corrected chi connectivity index (χ4v) is 17.3. The van der Waals surface area contributed by atoms with Gasteiger partial charge in [-0.2, -0.15) is 0 Å². The molecule has 0 radical (unpaired) electrons. The first kappa shape index (κ1) is 58.3. The average Bonchev–Trinajstić information content (AvgIpc) is 3.59. The summed E-state index contributed by atoms with van der Waals surface area (Å²) in [7, 11) is 0.